The van der Waals surface area contributed by atoms with Crippen molar-refractivity contribution in [3.8, 4) is 0 Å². The van der Waals surface area contributed by atoms with Gasteiger partial charge < -0.3 is 9.84 Å². The van der Waals surface area contributed by atoms with Crippen LogP contribution >= 0.6 is 0 Å². The summed E-state index contributed by atoms with van der Waals surface area (Å²) in [5.41, 5.74) is 0.416. The molecule has 1 N–H and O–H groups in total. The molecule has 0 spiro atoms. The van der Waals surface area contributed by atoms with Crippen LogP contribution in [-0.2, 0) is 4.74 Å². The predicted octanol–water partition coefficient (Wildman–Crippen LogP) is 3.18. The van der Waals surface area contributed by atoms with Crippen molar-refractivity contribution >= 4 is 0 Å². The Balaban J connectivity index is 2.24. The molecule has 2 nitrogen and oxygen atoms in total. The highest BCUT2D eigenvalue weighted by molar-refractivity contribution is 5.33. The lowest BCUT2D eigenvalue weighted by molar-refractivity contribution is -0.0207. The summed E-state index contributed by atoms with van der Waals surface area (Å²) in [5.74, 6) is 0.993. The molecule has 90 valence electrons. The summed E-state index contributed by atoms with van der Waals surface area (Å²) in [4.78, 5) is 0. The van der Waals surface area contributed by atoms with Crippen molar-refractivity contribution in [3.05, 3.63) is 23.5 Å². The number of aliphatic hydroxyl groups is 1. The summed E-state index contributed by atoms with van der Waals surface area (Å²) in [7, 11) is 0. The predicted molar refractivity (Wildman–Crippen MR) is 65.0 cm³/mol. The standard InChI is InChI=1S/C14H22O2/c1-10-5-6-11-9-14(15,13(2,3)4)8-7-12(11)16-10/h7-8,10,15H,5-6,9H2,1-4H3. The van der Waals surface area contributed by atoms with E-state index in [9.17, 15) is 5.11 Å². The van der Waals surface area contributed by atoms with Crippen molar-refractivity contribution in [2.45, 2.75) is 58.7 Å². The molecule has 0 aromatic heterocycles. The van der Waals surface area contributed by atoms with Gasteiger partial charge in [-0.15, -0.1) is 0 Å². The zero-order valence-corrected chi connectivity index (χ0v) is 10.7. The van der Waals surface area contributed by atoms with Gasteiger partial charge in [-0.1, -0.05) is 20.8 Å². The Morgan fingerprint density at radius 2 is 2.12 bits per heavy atom. The summed E-state index contributed by atoms with van der Waals surface area (Å²) in [6.45, 7) is 8.34. The van der Waals surface area contributed by atoms with Gasteiger partial charge in [0.15, 0.2) is 0 Å². The van der Waals surface area contributed by atoms with Crippen LogP contribution in [0.2, 0.25) is 0 Å². The first-order valence-corrected chi connectivity index (χ1v) is 6.12. The molecule has 1 heterocycles. The van der Waals surface area contributed by atoms with Crippen molar-refractivity contribution in [2.24, 2.45) is 5.41 Å². The molecular formula is C14H22O2. The van der Waals surface area contributed by atoms with Crippen LogP contribution in [0.5, 0.6) is 0 Å². The monoisotopic (exact) mass is 222 g/mol. The summed E-state index contributed by atoms with van der Waals surface area (Å²) < 4.78 is 5.78. The van der Waals surface area contributed by atoms with Gasteiger partial charge in [0.25, 0.3) is 0 Å². The molecule has 0 radical (unpaired) electrons. The maximum atomic E-state index is 10.6. The molecule has 2 heteroatoms. The number of rotatable bonds is 0. The zero-order chi connectivity index (χ0) is 12.0. The second kappa shape index (κ2) is 3.63. The number of hydrogen-bond acceptors (Lipinski definition) is 2. The highest BCUT2D eigenvalue weighted by atomic mass is 16.5. The van der Waals surface area contributed by atoms with Gasteiger partial charge in [0.05, 0.1) is 11.7 Å². The number of ether oxygens (including phenoxy) is 1. The third-order valence-electron chi connectivity index (χ3n) is 3.82. The van der Waals surface area contributed by atoms with Gasteiger partial charge in [-0.25, -0.2) is 0 Å². The molecule has 16 heavy (non-hydrogen) atoms. The van der Waals surface area contributed by atoms with Crippen LogP contribution in [0.3, 0.4) is 0 Å². The van der Waals surface area contributed by atoms with E-state index < -0.39 is 5.60 Å². The number of hydrogen-bond donors (Lipinski definition) is 1. The molecule has 0 bridgehead atoms. The SMILES string of the molecule is CC1CCC2=C(C=CC(O)(C(C)(C)C)C2)O1. The van der Waals surface area contributed by atoms with Crippen LogP contribution in [-0.4, -0.2) is 16.8 Å². The second-order valence-corrected chi connectivity index (χ2v) is 6.12. The Labute approximate surface area is 98.0 Å². The maximum Gasteiger partial charge on any atom is 0.118 e. The van der Waals surface area contributed by atoms with E-state index in [1.807, 2.05) is 12.2 Å². The van der Waals surface area contributed by atoms with Gasteiger partial charge >= 0.3 is 0 Å². The highest BCUT2D eigenvalue weighted by Crippen LogP contribution is 2.43. The lowest BCUT2D eigenvalue weighted by atomic mass is 9.70. The van der Waals surface area contributed by atoms with E-state index in [1.54, 1.807) is 0 Å². The van der Waals surface area contributed by atoms with Crippen LogP contribution < -0.4 is 0 Å². The maximum absolute atomic E-state index is 10.6. The van der Waals surface area contributed by atoms with Crippen molar-refractivity contribution in [1.29, 1.82) is 0 Å². The second-order valence-electron chi connectivity index (χ2n) is 6.12. The first-order valence-electron chi connectivity index (χ1n) is 6.12. The van der Waals surface area contributed by atoms with Gasteiger partial charge in [-0.05, 0) is 42.9 Å². The van der Waals surface area contributed by atoms with E-state index in [2.05, 4.69) is 27.7 Å². The normalized spacial score (nSPS) is 34.7. The van der Waals surface area contributed by atoms with Crippen LogP contribution in [0.15, 0.2) is 23.5 Å². The molecule has 2 aliphatic rings. The lowest BCUT2D eigenvalue weighted by Gasteiger charge is -2.42. The van der Waals surface area contributed by atoms with Crippen molar-refractivity contribution < 1.29 is 9.84 Å². The first kappa shape index (κ1) is 11.7. The Morgan fingerprint density at radius 3 is 2.75 bits per heavy atom. The molecule has 2 atom stereocenters. The first-order chi connectivity index (χ1) is 7.32. The van der Waals surface area contributed by atoms with Gasteiger partial charge in [-0.3, -0.25) is 0 Å². The lowest BCUT2D eigenvalue weighted by Crippen LogP contribution is -2.43. The van der Waals surface area contributed by atoms with Gasteiger partial charge in [0.2, 0.25) is 0 Å². The van der Waals surface area contributed by atoms with Crippen LogP contribution in [0.1, 0.15) is 47.0 Å². The smallest absolute Gasteiger partial charge is 0.118 e. The fourth-order valence-corrected chi connectivity index (χ4v) is 2.31. The minimum atomic E-state index is -0.726. The van der Waals surface area contributed by atoms with Crippen molar-refractivity contribution in [2.75, 3.05) is 0 Å². The number of allylic oxidation sites excluding steroid dienone is 1. The summed E-state index contributed by atoms with van der Waals surface area (Å²) in [6.07, 6.45) is 7.01. The summed E-state index contributed by atoms with van der Waals surface area (Å²) in [5, 5.41) is 10.6. The Morgan fingerprint density at radius 1 is 1.44 bits per heavy atom. The highest BCUT2D eigenvalue weighted by Gasteiger charge is 2.41. The third-order valence-corrected chi connectivity index (χ3v) is 3.82. The molecule has 0 amide bonds. The molecule has 0 fully saturated rings. The average Bonchev–Trinajstić information content (AvgIpc) is 2.17. The Hall–Kier alpha value is -0.760. The summed E-state index contributed by atoms with van der Waals surface area (Å²) in [6, 6.07) is 0. The zero-order valence-electron chi connectivity index (χ0n) is 10.7. The molecule has 0 saturated carbocycles. The van der Waals surface area contributed by atoms with E-state index in [0.29, 0.717) is 6.10 Å². The van der Waals surface area contributed by atoms with E-state index >= 15 is 0 Å². The van der Waals surface area contributed by atoms with Crippen LogP contribution in [0, 0.1) is 5.41 Å². The molecule has 2 unspecified atom stereocenters. The third kappa shape index (κ3) is 1.91. The minimum absolute atomic E-state index is 0.134. The van der Waals surface area contributed by atoms with Crippen LogP contribution in [0.4, 0.5) is 0 Å². The van der Waals surface area contributed by atoms with E-state index in [0.717, 1.165) is 25.0 Å². The van der Waals surface area contributed by atoms with E-state index in [4.69, 9.17) is 4.74 Å². The molecule has 1 aliphatic heterocycles. The quantitative estimate of drug-likeness (QED) is 0.682. The molecule has 0 aromatic rings. The molecular weight excluding hydrogens is 200 g/mol. The van der Waals surface area contributed by atoms with E-state index in [-0.39, 0.29) is 5.41 Å². The van der Waals surface area contributed by atoms with Gasteiger partial charge in [-0.2, -0.15) is 0 Å². The van der Waals surface area contributed by atoms with Crippen molar-refractivity contribution in [1.82, 2.24) is 0 Å². The van der Waals surface area contributed by atoms with Crippen molar-refractivity contribution in [3.63, 3.8) is 0 Å². The fraction of sp³-hybridized carbons (Fsp3) is 0.714. The van der Waals surface area contributed by atoms with Crippen LogP contribution in [0.25, 0.3) is 0 Å². The molecule has 2 rings (SSSR count). The Kier molecular flexibility index (Phi) is 2.66. The Bertz CT molecular complexity index is 346. The molecule has 0 saturated heterocycles. The largest absolute Gasteiger partial charge is 0.491 e. The summed E-state index contributed by atoms with van der Waals surface area (Å²) >= 11 is 0. The van der Waals surface area contributed by atoms with E-state index in [1.165, 1.54) is 5.57 Å². The molecule has 0 aromatic carbocycles. The minimum Gasteiger partial charge on any atom is -0.491 e. The fourth-order valence-electron chi connectivity index (χ4n) is 2.31. The molecule has 1 aliphatic carbocycles. The van der Waals surface area contributed by atoms with Gasteiger partial charge in [0.1, 0.15) is 5.76 Å². The average molecular weight is 222 g/mol. The van der Waals surface area contributed by atoms with Gasteiger partial charge in [0, 0.05) is 6.42 Å². The topological polar surface area (TPSA) is 29.5 Å².